The predicted octanol–water partition coefficient (Wildman–Crippen LogP) is 2.50. The van der Waals surface area contributed by atoms with Crippen LogP contribution in [0.5, 0.6) is 0 Å². The molecular weight excluding hydrogens is 234 g/mol. The van der Waals surface area contributed by atoms with E-state index < -0.39 is 0 Å². The van der Waals surface area contributed by atoms with Crippen molar-refractivity contribution >= 4 is 11.4 Å². The topological polar surface area (TPSA) is 18.5 Å². The van der Waals surface area contributed by atoms with Crippen LogP contribution in [0, 0.1) is 12.8 Å². The lowest BCUT2D eigenvalue weighted by atomic mass is 10.0. The van der Waals surface area contributed by atoms with E-state index in [1.807, 2.05) is 0 Å². The number of benzene rings is 1. The maximum Gasteiger partial charge on any atom is 0.0411 e. The van der Waals surface area contributed by atoms with Crippen molar-refractivity contribution in [1.82, 2.24) is 5.32 Å². The highest BCUT2D eigenvalue weighted by Crippen LogP contribution is 2.26. The van der Waals surface area contributed by atoms with Gasteiger partial charge in [0.15, 0.2) is 0 Å². The fourth-order valence-electron chi connectivity index (χ4n) is 2.74. The van der Waals surface area contributed by atoms with Crippen molar-refractivity contribution in [1.29, 1.82) is 0 Å². The van der Waals surface area contributed by atoms with Gasteiger partial charge < -0.3 is 15.1 Å². The van der Waals surface area contributed by atoms with E-state index in [0.717, 1.165) is 19.6 Å². The summed E-state index contributed by atoms with van der Waals surface area (Å²) in [6.45, 7) is 10.0. The molecule has 0 aliphatic carbocycles. The second kappa shape index (κ2) is 5.83. The molecule has 19 heavy (non-hydrogen) atoms. The smallest absolute Gasteiger partial charge is 0.0411 e. The van der Waals surface area contributed by atoms with Crippen LogP contribution in [0.15, 0.2) is 18.2 Å². The third-order valence-corrected chi connectivity index (χ3v) is 4.05. The van der Waals surface area contributed by atoms with Gasteiger partial charge in [-0.1, -0.05) is 19.9 Å². The van der Waals surface area contributed by atoms with Gasteiger partial charge in [-0.15, -0.1) is 0 Å². The molecule has 0 aromatic heterocycles. The lowest BCUT2D eigenvalue weighted by Gasteiger charge is -2.37. The summed E-state index contributed by atoms with van der Waals surface area (Å²) in [5, 5.41) is 3.61. The van der Waals surface area contributed by atoms with Gasteiger partial charge in [0, 0.05) is 51.1 Å². The van der Waals surface area contributed by atoms with Crippen LogP contribution in [0.25, 0.3) is 0 Å². The summed E-state index contributed by atoms with van der Waals surface area (Å²) in [6.07, 6.45) is 0. The van der Waals surface area contributed by atoms with E-state index in [0.29, 0.717) is 12.0 Å². The second-order valence-electron chi connectivity index (χ2n) is 6.12. The Morgan fingerprint density at radius 3 is 2.68 bits per heavy atom. The van der Waals surface area contributed by atoms with Crippen LogP contribution in [-0.2, 0) is 0 Å². The van der Waals surface area contributed by atoms with Crippen LogP contribution in [0.2, 0.25) is 0 Å². The van der Waals surface area contributed by atoms with E-state index in [9.17, 15) is 0 Å². The summed E-state index contributed by atoms with van der Waals surface area (Å²) < 4.78 is 0. The van der Waals surface area contributed by atoms with Crippen LogP contribution in [0.3, 0.4) is 0 Å². The minimum Gasteiger partial charge on any atom is -0.377 e. The molecule has 0 bridgehead atoms. The van der Waals surface area contributed by atoms with Crippen molar-refractivity contribution in [3.05, 3.63) is 23.8 Å². The number of anilines is 2. The molecule has 0 saturated carbocycles. The molecule has 1 aromatic carbocycles. The average Bonchev–Trinajstić information content (AvgIpc) is 2.39. The fraction of sp³-hybridized carbons (Fsp3) is 0.625. The van der Waals surface area contributed by atoms with Crippen molar-refractivity contribution in [3.8, 4) is 0 Å². The van der Waals surface area contributed by atoms with Crippen LogP contribution < -0.4 is 15.1 Å². The molecule has 2 rings (SSSR count). The van der Waals surface area contributed by atoms with Crippen molar-refractivity contribution in [3.63, 3.8) is 0 Å². The summed E-state index contributed by atoms with van der Waals surface area (Å²) in [5.74, 6) is 0.682. The minimum absolute atomic E-state index is 0.595. The maximum absolute atomic E-state index is 3.61. The van der Waals surface area contributed by atoms with E-state index in [2.05, 4.69) is 68.2 Å². The molecule has 1 N–H and O–H groups in total. The number of hydrogen-bond donors (Lipinski definition) is 1. The van der Waals surface area contributed by atoms with Gasteiger partial charge in [-0.2, -0.15) is 0 Å². The van der Waals surface area contributed by atoms with Crippen LogP contribution in [0.4, 0.5) is 11.4 Å². The molecule has 3 heteroatoms. The number of nitrogens with one attached hydrogen (secondary N) is 1. The Morgan fingerprint density at radius 1 is 1.32 bits per heavy atom. The van der Waals surface area contributed by atoms with E-state index in [-0.39, 0.29) is 0 Å². The van der Waals surface area contributed by atoms with E-state index in [1.165, 1.54) is 16.9 Å². The Labute approximate surface area is 117 Å². The van der Waals surface area contributed by atoms with E-state index in [1.54, 1.807) is 0 Å². The van der Waals surface area contributed by atoms with Crippen LogP contribution >= 0.6 is 0 Å². The van der Waals surface area contributed by atoms with Gasteiger partial charge in [-0.25, -0.2) is 0 Å². The van der Waals surface area contributed by atoms with Crippen molar-refractivity contribution in [2.75, 3.05) is 43.5 Å². The molecule has 1 aromatic rings. The molecular formula is C16H27N3. The highest BCUT2D eigenvalue weighted by molar-refractivity contribution is 5.63. The third-order valence-electron chi connectivity index (χ3n) is 4.05. The second-order valence-corrected chi connectivity index (χ2v) is 6.12. The summed E-state index contributed by atoms with van der Waals surface area (Å²) in [6, 6.07) is 7.40. The molecule has 0 spiro atoms. The average molecular weight is 261 g/mol. The van der Waals surface area contributed by atoms with Crippen molar-refractivity contribution in [2.45, 2.75) is 26.8 Å². The Morgan fingerprint density at radius 2 is 2.05 bits per heavy atom. The first-order chi connectivity index (χ1) is 8.99. The first-order valence-electron chi connectivity index (χ1n) is 7.25. The Hall–Kier alpha value is -1.22. The first kappa shape index (κ1) is 14.2. The summed E-state index contributed by atoms with van der Waals surface area (Å²) in [5.41, 5.74) is 4.00. The fourth-order valence-corrected chi connectivity index (χ4v) is 2.74. The number of piperazine rings is 1. The lowest BCUT2D eigenvalue weighted by molar-refractivity contribution is 0.368. The number of nitrogens with zero attached hydrogens (tertiary/aromatic N) is 2. The number of hydrogen-bond acceptors (Lipinski definition) is 3. The van der Waals surface area contributed by atoms with Crippen molar-refractivity contribution < 1.29 is 0 Å². The largest absolute Gasteiger partial charge is 0.377 e. The molecule has 1 fully saturated rings. The highest BCUT2D eigenvalue weighted by atomic mass is 15.2. The molecule has 1 atom stereocenters. The normalized spacial score (nSPS) is 19.9. The maximum atomic E-state index is 3.61. The summed E-state index contributed by atoms with van der Waals surface area (Å²) in [4.78, 5) is 4.70. The third kappa shape index (κ3) is 3.21. The zero-order chi connectivity index (χ0) is 14.0. The molecule has 1 saturated heterocycles. The van der Waals surface area contributed by atoms with Gasteiger partial charge in [0.2, 0.25) is 0 Å². The summed E-state index contributed by atoms with van der Waals surface area (Å²) >= 11 is 0. The zero-order valence-corrected chi connectivity index (χ0v) is 12.9. The van der Waals surface area contributed by atoms with Crippen molar-refractivity contribution in [2.24, 2.45) is 5.92 Å². The quantitative estimate of drug-likeness (QED) is 0.902. The Bertz CT molecular complexity index is 426. The molecule has 1 aliphatic heterocycles. The monoisotopic (exact) mass is 261 g/mol. The SMILES string of the molecule is Cc1ccc(N2CCNC(C(C)C)C2)cc1N(C)C. The van der Waals surface area contributed by atoms with Gasteiger partial charge in [0.05, 0.1) is 0 Å². The first-order valence-corrected chi connectivity index (χ1v) is 7.25. The summed E-state index contributed by atoms with van der Waals surface area (Å²) in [7, 11) is 4.22. The van der Waals surface area contributed by atoms with Gasteiger partial charge in [-0.05, 0) is 30.5 Å². The molecule has 1 aliphatic rings. The lowest BCUT2D eigenvalue weighted by Crippen LogP contribution is -2.53. The Kier molecular flexibility index (Phi) is 4.35. The van der Waals surface area contributed by atoms with Crippen LogP contribution in [0.1, 0.15) is 19.4 Å². The molecule has 106 valence electrons. The van der Waals surface area contributed by atoms with E-state index >= 15 is 0 Å². The Balaban J connectivity index is 2.19. The molecule has 3 nitrogen and oxygen atoms in total. The number of rotatable bonds is 3. The zero-order valence-electron chi connectivity index (χ0n) is 12.9. The molecule has 0 radical (unpaired) electrons. The van der Waals surface area contributed by atoms with Gasteiger partial charge in [0.1, 0.15) is 0 Å². The standard InChI is InChI=1S/C16H27N3/c1-12(2)15-11-19(9-8-17-15)14-7-6-13(3)16(10-14)18(4)5/h6-7,10,12,15,17H,8-9,11H2,1-5H3. The molecule has 0 amide bonds. The number of aryl methyl sites for hydroxylation is 1. The van der Waals surface area contributed by atoms with Crippen LogP contribution in [-0.4, -0.2) is 39.8 Å². The highest BCUT2D eigenvalue weighted by Gasteiger charge is 2.22. The minimum atomic E-state index is 0.595. The van der Waals surface area contributed by atoms with Gasteiger partial charge in [0.25, 0.3) is 0 Å². The molecule has 1 unspecified atom stereocenters. The van der Waals surface area contributed by atoms with E-state index in [4.69, 9.17) is 0 Å². The molecule has 1 heterocycles. The van der Waals surface area contributed by atoms with Gasteiger partial charge >= 0.3 is 0 Å². The predicted molar refractivity (Wildman–Crippen MR) is 84.3 cm³/mol. The van der Waals surface area contributed by atoms with Gasteiger partial charge in [-0.3, -0.25) is 0 Å².